The zero-order valence-corrected chi connectivity index (χ0v) is 13.1. The first-order chi connectivity index (χ1) is 11.2. The Labute approximate surface area is 135 Å². The number of rotatable bonds is 3. The largest absolute Gasteiger partial charge is 0.369 e. The van der Waals surface area contributed by atoms with E-state index in [0.29, 0.717) is 11.3 Å². The summed E-state index contributed by atoms with van der Waals surface area (Å²) in [5.41, 5.74) is 2.24. The summed E-state index contributed by atoms with van der Waals surface area (Å²) in [6, 6.07) is 11.8. The molecule has 2 aromatic rings. The van der Waals surface area contributed by atoms with E-state index in [1.54, 1.807) is 13.1 Å². The molecule has 1 aromatic carbocycles. The highest BCUT2D eigenvalue weighted by Gasteiger charge is 2.23. The monoisotopic (exact) mass is 309 g/mol. The van der Waals surface area contributed by atoms with Crippen LogP contribution >= 0.6 is 0 Å². The van der Waals surface area contributed by atoms with Crippen LogP contribution in [-0.4, -0.2) is 35.8 Å². The van der Waals surface area contributed by atoms with Crippen LogP contribution in [0.5, 0.6) is 0 Å². The number of benzene rings is 1. The first-order valence-electron chi connectivity index (χ1n) is 7.73. The van der Waals surface area contributed by atoms with Gasteiger partial charge in [0.2, 0.25) is 0 Å². The van der Waals surface area contributed by atoms with Crippen LogP contribution < -0.4 is 10.2 Å². The predicted molar refractivity (Wildman–Crippen MR) is 87.3 cm³/mol. The molecule has 2 heterocycles. The van der Waals surface area contributed by atoms with Gasteiger partial charge >= 0.3 is 0 Å². The SMILES string of the molecule is CNC(=O)c1ccn([C@@H]2CCCN(c3ccc(C#N)cc3)C2)n1. The van der Waals surface area contributed by atoms with Gasteiger partial charge in [0.05, 0.1) is 17.7 Å². The third kappa shape index (κ3) is 3.19. The molecule has 6 heteroatoms. The molecule has 0 spiro atoms. The van der Waals surface area contributed by atoms with Gasteiger partial charge in [-0.05, 0) is 43.2 Å². The molecule has 1 aliphatic rings. The fraction of sp³-hybridized carbons (Fsp3) is 0.353. The molecular formula is C17H19N5O. The first-order valence-corrected chi connectivity index (χ1v) is 7.73. The fourth-order valence-corrected chi connectivity index (χ4v) is 2.94. The van der Waals surface area contributed by atoms with E-state index in [2.05, 4.69) is 21.4 Å². The topological polar surface area (TPSA) is 74.0 Å². The Kier molecular flexibility index (Phi) is 4.29. The van der Waals surface area contributed by atoms with Gasteiger partial charge in [-0.2, -0.15) is 10.4 Å². The molecule has 0 radical (unpaired) electrons. The minimum atomic E-state index is -0.163. The van der Waals surface area contributed by atoms with Crippen molar-refractivity contribution in [1.29, 1.82) is 5.26 Å². The second kappa shape index (κ2) is 6.53. The minimum Gasteiger partial charge on any atom is -0.369 e. The van der Waals surface area contributed by atoms with E-state index in [4.69, 9.17) is 5.26 Å². The molecule has 1 saturated heterocycles. The first kappa shape index (κ1) is 15.1. The van der Waals surface area contributed by atoms with Crippen molar-refractivity contribution < 1.29 is 4.79 Å². The van der Waals surface area contributed by atoms with Crippen molar-refractivity contribution in [2.75, 3.05) is 25.0 Å². The predicted octanol–water partition coefficient (Wildman–Crippen LogP) is 1.96. The highest BCUT2D eigenvalue weighted by Crippen LogP contribution is 2.26. The Morgan fingerprint density at radius 1 is 1.35 bits per heavy atom. The fourth-order valence-electron chi connectivity index (χ4n) is 2.94. The lowest BCUT2D eigenvalue weighted by molar-refractivity contribution is 0.0957. The Morgan fingerprint density at radius 2 is 2.13 bits per heavy atom. The quantitative estimate of drug-likeness (QED) is 0.940. The summed E-state index contributed by atoms with van der Waals surface area (Å²) >= 11 is 0. The molecule has 1 fully saturated rings. The average molecular weight is 309 g/mol. The average Bonchev–Trinajstić information content (AvgIpc) is 3.11. The molecule has 1 atom stereocenters. The van der Waals surface area contributed by atoms with Crippen molar-refractivity contribution in [2.45, 2.75) is 18.9 Å². The maximum absolute atomic E-state index is 11.6. The summed E-state index contributed by atoms with van der Waals surface area (Å²) < 4.78 is 1.89. The number of nitrogens with zero attached hydrogens (tertiary/aromatic N) is 4. The molecule has 0 unspecified atom stereocenters. The van der Waals surface area contributed by atoms with Crippen molar-refractivity contribution >= 4 is 11.6 Å². The van der Waals surface area contributed by atoms with Crippen LogP contribution in [0.4, 0.5) is 5.69 Å². The van der Waals surface area contributed by atoms with Crippen molar-refractivity contribution in [3.05, 3.63) is 47.8 Å². The molecule has 23 heavy (non-hydrogen) atoms. The second-order valence-corrected chi connectivity index (χ2v) is 5.66. The van der Waals surface area contributed by atoms with Crippen LogP contribution in [0, 0.1) is 11.3 Å². The number of nitrogens with one attached hydrogen (secondary N) is 1. The zero-order valence-electron chi connectivity index (χ0n) is 13.1. The van der Waals surface area contributed by atoms with Crippen LogP contribution in [0.25, 0.3) is 0 Å². The number of carbonyl (C=O) groups is 1. The van der Waals surface area contributed by atoms with Gasteiger partial charge < -0.3 is 10.2 Å². The summed E-state index contributed by atoms with van der Waals surface area (Å²) in [5.74, 6) is -0.163. The minimum absolute atomic E-state index is 0.163. The maximum atomic E-state index is 11.6. The number of anilines is 1. The molecule has 3 rings (SSSR count). The van der Waals surface area contributed by atoms with Gasteiger partial charge in [0.15, 0.2) is 0 Å². The summed E-state index contributed by atoms with van der Waals surface area (Å²) in [5, 5.41) is 15.9. The third-order valence-electron chi connectivity index (χ3n) is 4.20. The summed E-state index contributed by atoms with van der Waals surface area (Å²) in [7, 11) is 1.61. The number of carbonyl (C=O) groups excluding carboxylic acids is 1. The van der Waals surface area contributed by atoms with E-state index in [1.165, 1.54) is 0 Å². The lowest BCUT2D eigenvalue weighted by Gasteiger charge is -2.34. The van der Waals surface area contributed by atoms with Gasteiger partial charge in [0.1, 0.15) is 5.69 Å². The molecular weight excluding hydrogens is 290 g/mol. The van der Waals surface area contributed by atoms with Gasteiger partial charge in [-0.1, -0.05) is 0 Å². The Balaban J connectivity index is 1.74. The summed E-state index contributed by atoms with van der Waals surface area (Å²) in [6.45, 7) is 1.84. The number of nitriles is 1. The molecule has 1 aliphatic heterocycles. The molecule has 1 N–H and O–H groups in total. The number of amides is 1. The van der Waals surface area contributed by atoms with Gasteiger partial charge in [-0.15, -0.1) is 0 Å². The Hall–Kier alpha value is -2.81. The molecule has 1 aromatic heterocycles. The molecule has 6 nitrogen and oxygen atoms in total. The lowest BCUT2D eigenvalue weighted by atomic mass is 10.0. The van der Waals surface area contributed by atoms with Crippen molar-refractivity contribution in [2.24, 2.45) is 0 Å². The summed E-state index contributed by atoms with van der Waals surface area (Å²) in [6.07, 6.45) is 3.99. The lowest BCUT2D eigenvalue weighted by Crippen LogP contribution is -2.36. The molecule has 0 aliphatic carbocycles. The van der Waals surface area contributed by atoms with Gasteiger partial charge in [-0.25, -0.2) is 0 Å². The molecule has 0 bridgehead atoms. The van der Waals surface area contributed by atoms with Crippen LogP contribution in [0.15, 0.2) is 36.5 Å². The van der Waals surface area contributed by atoms with Crippen molar-refractivity contribution in [3.63, 3.8) is 0 Å². The number of hydrogen-bond acceptors (Lipinski definition) is 4. The van der Waals surface area contributed by atoms with Gasteiger partial charge in [0.25, 0.3) is 5.91 Å². The zero-order chi connectivity index (χ0) is 16.2. The Bertz CT molecular complexity index is 728. The van der Waals surface area contributed by atoms with Crippen LogP contribution in [0.2, 0.25) is 0 Å². The van der Waals surface area contributed by atoms with E-state index in [0.717, 1.165) is 31.6 Å². The summed E-state index contributed by atoms with van der Waals surface area (Å²) in [4.78, 5) is 13.9. The molecule has 118 valence electrons. The third-order valence-corrected chi connectivity index (χ3v) is 4.20. The molecule has 0 saturated carbocycles. The highest BCUT2D eigenvalue weighted by atomic mass is 16.1. The normalized spacial score (nSPS) is 17.6. The van der Waals surface area contributed by atoms with E-state index in [9.17, 15) is 4.79 Å². The number of hydrogen-bond donors (Lipinski definition) is 1. The molecule has 1 amide bonds. The van der Waals surface area contributed by atoms with E-state index < -0.39 is 0 Å². The van der Waals surface area contributed by atoms with Crippen LogP contribution in [0.3, 0.4) is 0 Å². The highest BCUT2D eigenvalue weighted by molar-refractivity contribution is 5.91. The van der Waals surface area contributed by atoms with E-state index >= 15 is 0 Å². The maximum Gasteiger partial charge on any atom is 0.271 e. The van der Waals surface area contributed by atoms with Crippen LogP contribution in [0.1, 0.15) is 34.9 Å². The van der Waals surface area contributed by atoms with Gasteiger partial charge in [0, 0.05) is 32.0 Å². The standard InChI is InChI=1S/C17H19N5O/c1-19-17(23)16-8-10-22(20-16)15-3-2-9-21(12-15)14-6-4-13(11-18)5-7-14/h4-8,10,15H,2-3,9,12H2,1H3,(H,19,23)/t15-/m1/s1. The van der Waals surface area contributed by atoms with Crippen molar-refractivity contribution in [1.82, 2.24) is 15.1 Å². The van der Waals surface area contributed by atoms with Gasteiger partial charge in [-0.3, -0.25) is 9.48 Å². The number of piperidine rings is 1. The van der Waals surface area contributed by atoms with E-state index in [1.807, 2.05) is 35.1 Å². The Morgan fingerprint density at radius 3 is 2.83 bits per heavy atom. The van der Waals surface area contributed by atoms with Crippen LogP contribution in [-0.2, 0) is 0 Å². The van der Waals surface area contributed by atoms with E-state index in [-0.39, 0.29) is 11.9 Å². The smallest absolute Gasteiger partial charge is 0.271 e. The second-order valence-electron chi connectivity index (χ2n) is 5.66. The number of aromatic nitrogens is 2. The van der Waals surface area contributed by atoms with Crippen molar-refractivity contribution in [3.8, 4) is 6.07 Å².